The van der Waals surface area contributed by atoms with Crippen molar-refractivity contribution in [1.29, 1.82) is 0 Å². The maximum atomic E-state index is 11.9. The smallest absolute Gasteiger partial charge is 0.220 e. The summed E-state index contributed by atoms with van der Waals surface area (Å²) in [5.41, 5.74) is 2.02. The van der Waals surface area contributed by atoms with Gasteiger partial charge in [0.1, 0.15) is 0 Å². The molecule has 0 unspecified atom stereocenters. The first-order valence-corrected chi connectivity index (χ1v) is 7.09. The van der Waals surface area contributed by atoms with Gasteiger partial charge in [-0.3, -0.25) is 9.78 Å². The summed E-state index contributed by atoms with van der Waals surface area (Å²) >= 11 is 0. The topological polar surface area (TPSA) is 60.5 Å². The van der Waals surface area contributed by atoms with E-state index in [-0.39, 0.29) is 5.91 Å². The lowest BCUT2D eigenvalue weighted by atomic mass is 10.1. The van der Waals surface area contributed by atoms with E-state index in [4.69, 9.17) is 9.47 Å². The molecule has 1 heterocycles. The number of aryl methyl sites for hydroxylation is 1. The van der Waals surface area contributed by atoms with Gasteiger partial charge in [0.25, 0.3) is 0 Å². The van der Waals surface area contributed by atoms with Crippen LogP contribution < -0.4 is 14.8 Å². The van der Waals surface area contributed by atoms with Crippen molar-refractivity contribution in [3.63, 3.8) is 0 Å². The van der Waals surface area contributed by atoms with Gasteiger partial charge in [0.05, 0.1) is 14.2 Å². The molecular formula is C17H20N2O3. The van der Waals surface area contributed by atoms with Crippen molar-refractivity contribution in [2.45, 2.75) is 19.4 Å². The molecule has 0 aliphatic carbocycles. The van der Waals surface area contributed by atoms with Crippen molar-refractivity contribution in [2.75, 3.05) is 14.2 Å². The third kappa shape index (κ3) is 4.48. The minimum Gasteiger partial charge on any atom is -0.493 e. The summed E-state index contributed by atoms with van der Waals surface area (Å²) in [5.74, 6) is 1.38. The Labute approximate surface area is 130 Å². The van der Waals surface area contributed by atoms with E-state index >= 15 is 0 Å². The van der Waals surface area contributed by atoms with Crippen molar-refractivity contribution in [1.82, 2.24) is 10.3 Å². The second-order valence-electron chi connectivity index (χ2n) is 4.83. The third-order valence-electron chi connectivity index (χ3n) is 3.30. The quantitative estimate of drug-likeness (QED) is 0.852. The fourth-order valence-corrected chi connectivity index (χ4v) is 2.09. The second kappa shape index (κ2) is 8.02. The molecule has 0 fully saturated rings. The molecule has 1 N–H and O–H groups in total. The van der Waals surface area contributed by atoms with Gasteiger partial charge < -0.3 is 14.8 Å². The van der Waals surface area contributed by atoms with Gasteiger partial charge in [0, 0.05) is 25.4 Å². The minimum atomic E-state index is 0.0126. The highest BCUT2D eigenvalue weighted by Crippen LogP contribution is 2.27. The van der Waals surface area contributed by atoms with Gasteiger partial charge in [-0.05, 0) is 35.7 Å². The van der Waals surface area contributed by atoms with Crippen molar-refractivity contribution in [3.8, 4) is 11.5 Å². The summed E-state index contributed by atoms with van der Waals surface area (Å²) in [5, 5.41) is 2.89. The lowest BCUT2D eigenvalue weighted by Gasteiger charge is -2.09. The van der Waals surface area contributed by atoms with Crippen LogP contribution in [0.25, 0.3) is 0 Å². The van der Waals surface area contributed by atoms with Crippen molar-refractivity contribution in [3.05, 3.63) is 53.9 Å². The van der Waals surface area contributed by atoms with Gasteiger partial charge in [0.2, 0.25) is 5.91 Å². The van der Waals surface area contributed by atoms with Gasteiger partial charge in [-0.1, -0.05) is 12.1 Å². The second-order valence-corrected chi connectivity index (χ2v) is 4.83. The van der Waals surface area contributed by atoms with E-state index in [0.717, 1.165) is 11.1 Å². The molecule has 5 nitrogen and oxygen atoms in total. The van der Waals surface area contributed by atoms with E-state index < -0.39 is 0 Å². The Morgan fingerprint density at radius 1 is 1.14 bits per heavy atom. The highest BCUT2D eigenvalue weighted by atomic mass is 16.5. The summed E-state index contributed by atoms with van der Waals surface area (Å²) in [6.07, 6.45) is 4.53. The number of nitrogens with zero attached hydrogens (tertiary/aromatic N) is 1. The Bertz CT molecular complexity index is 615. The molecule has 0 spiro atoms. The largest absolute Gasteiger partial charge is 0.493 e. The van der Waals surface area contributed by atoms with Crippen LogP contribution in [0.15, 0.2) is 42.7 Å². The molecule has 116 valence electrons. The van der Waals surface area contributed by atoms with Gasteiger partial charge in [-0.2, -0.15) is 0 Å². The van der Waals surface area contributed by atoms with Gasteiger partial charge >= 0.3 is 0 Å². The predicted molar refractivity (Wildman–Crippen MR) is 84.0 cm³/mol. The lowest BCUT2D eigenvalue weighted by Crippen LogP contribution is -2.23. The third-order valence-corrected chi connectivity index (χ3v) is 3.30. The van der Waals surface area contributed by atoms with Gasteiger partial charge in [-0.15, -0.1) is 0 Å². The molecule has 0 saturated heterocycles. The number of hydrogen-bond acceptors (Lipinski definition) is 4. The molecule has 0 radical (unpaired) electrons. The van der Waals surface area contributed by atoms with Crippen LogP contribution in [-0.2, 0) is 17.8 Å². The van der Waals surface area contributed by atoms with Crippen LogP contribution in [-0.4, -0.2) is 25.1 Å². The number of rotatable bonds is 7. The first-order valence-electron chi connectivity index (χ1n) is 7.09. The number of benzene rings is 1. The number of hydrogen-bond donors (Lipinski definition) is 1. The zero-order valence-corrected chi connectivity index (χ0v) is 12.8. The molecule has 0 bridgehead atoms. The standard InChI is InChI=1S/C17H20N2O3/c1-21-15-7-5-13(10-16(15)22-2)6-8-17(20)19-12-14-4-3-9-18-11-14/h3-5,7,9-11H,6,8,12H2,1-2H3,(H,19,20). The van der Waals surface area contributed by atoms with Crippen LogP contribution in [0.2, 0.25) is 0 Å². The lowest BCUT2D eigenvalue weighted by molar-refractivity contribution is -0.121. The van der Waals surface area contributed by atoms with Crippen LogP contribution >= 0.6 is 0 Å². The molecule has 2 rings (SSSR count). The number of pyridine rings is 1. The fraction of sp³-hybridized carbons (Fsp3) is 0.294. The van der Waals surface area contributed by atoms with E-state index in [1.54, 1.807) is 26.6 Å². The predicted octanol–water partition coefficient (Wildman–Crippen LogP) is 2.35. The van der Waals surface area contributed by atoms with Crippen molar-refractivity contribution >= 4 is 5.91 Å². The van der Waals surface area contributed by atoms with E-state index in [0.29, 0.717) is 30.9 Å². The Hall–Kier alpha value is -2.56. The summed E-state index contributed by atoms with van der Waals surface area (Å²) in [6.45, 7) is 0.499. The van der Waals surface area contributed by atoms with Crippen LogP contribution in [0.3, 0.4) is 0 Å². The number of nitrogens with one attached hydrogen (secondary N) is 1. The van der Waals surface area contributed by atoms with E-state index in [9.17, 15) is 4.79 Å². The average Bonchev–Trinajstić information content (AvgIpc) is 2.58. The van der Waals surface area contributed by atoms with E-state index in [1.165, 1.54) is 0 Å². The van der Waals surface area contributed by atoms with Gasteiger partial charge in [0.15, 0.2) is 11.5 Å². The molecular weight excluding hydrogens is 280 g/mol. The fourth-order valence-electron chi connectivity index (χ4n) is 2.09. The monoisotopic (exact) mass is 300 g/mol. The highest BCUT2D eigenvalue weighted by molar-refractivity contribution is 5.76. The summed E-state index contributed by atoms with van der Waals surface area (Å²) in [6, 6.07) is 9.47. The van der Waals surface area contributed by atoms with E-state index in [2.05, 4.69) is 10.3 Å². The molecule has 0 saturated carbocycles. The average molecular weight is 300 g/mol. The zero-order valence-electron chi connectivity index (χ0n) is 12.8. The summed E-state index contributed by atoms with van der Waals surface area (Å²) in [7, 11) is 3.20. The van der Waals surface area contributed by atoms with Crippen LogP contribution in [0, 0.1) is 0 Å². The number of methoxy groups -OCH3 is 2. The number of ether oxygens (including phenoxy) is 2. The Kier molecular flexibility index (Phi) is 5.77. The Balaban J connectivity index is 1.83. The maximum absolute atomic E-state index is 11.9. The molecule has 1 amide bonds. The van der Waals surface area contributed by atoms with Crippen molar-refractivity contribution in [2.24, 2.45) is 0 Å². The number of carbonyl (C=O) groups excluding carboxylic acids is 1. The van der Waals surface area contributed by atoms with Crippen LogP contribution in [0.4, 0.5) is 0 Å². The molecule has 2 aromatic rings. The molecule has 0 aliphatic heterocycles. The van der Waals surface area contributed by atoms with Gasteiger partial charge in [-0.25, -0.2) is 0 Å². The maximum Gasteiger partial charge on any atom is 0.220 e. The number of aromatic nitrogens is 1. The summed E-state index contributed by atoms with van der Waals surface area (Å²) in [4.78, 5) is 15.9. The first-order chi connectivity index (χ1) is 10.7. The van der Waals surface area contributed by atoms with Crippen molar-refractivity contribution < 1.29 is 14.3 Å². The molecule has 0 atom stereocenters. The number of amides is 1. The van der Waals surface area contributed by atoms with Crippen LogP contribution in [0.5, 0.6) is 11.5 Å². The Morgan fingerprint density at radius 3 is 2.64 bits per heavy atom. The first kappa shape index (κ1) is 15.8. The molecule has 1 aromatic carbocycles. The number of carbonyl (C=O) groups is 1. The molecule has 5 heteroatoms. The Morgan fingerprint density at radius 2 is 1.95 bits per heavy atom. The van der Waals surface area contributed by atoms with Crippen LogP contribution in [0.1, 0.15) is 17.5 Å². The molecule has 1 aromatic heterocycles. The molecule has 0 aliphatic rings. The SMILES string of the molecule is COc1ccc(CCC(=O)NCc2cccnc2)cc1OC. The zero-order chi connectivity index (χ0) is 15.8. The highest BCUT2D eigenvalue weighted by Gasteiger charge is 2.07. The van der Waals surface area contributed by atoms with E-state index in [1.807, 2.05) is 30.3 Å². The minimum absolute atomic E-state index is 0.0126. The normalized spacial score (nSPS) is 10.1. The molecule has 22 heavy (non-hydrogen) atoms. The summed E-state index contributed by atoms with van der Waals surface area (Å²) < 4.78 is 10.5.